The largest absolute Gasteiger partial charge is 0.334 e. The first-order valence-electron chi connectivity index (χ1n) is 6.71. The van der Waals surface area contributed by atoms with Crippen molar-refractivity contribution in [3.8, 4) is 0 Å². The lowest BCUT2D eigenvalue weighted by Crippen LogP contribution is -2.51. The fourth-order valence-corrected chi connectivity index (χ4v) is 2.35. The van der Waals surface area contributed by atoms with E-state index in [4.69, 9.17) is 0 Å². The van der Waals surface area contributed by atoms with Gasteiger partial charge < -0.3 is 16.0 Å². The molecule has 5 heteroatoms. The summed E-state index contributed by atoms with van der Waals surface area (Å²) in [6, 6.07) is 5.93. The molecule has 0 aromatic heterocycles. The van der Waals surface area contributed by atoms with Crippen LogP contribution in [-0.2, 0) is 0 Å². The maximum atomic E-state index is 13.0. The summed E-state index contributed by atoms with van der Waals surface area (Å²) in [6.07, 6.45) is 3.45. The Morgan fingerprint density at radius 1 is 1.47 bits per heavy atom. The van der Waals surface area contributed by atoms with Gasteiger partial charge in [0.25, 0.3) is 0 Å². The molecule has 3 N–H and O–H groups in total. The molecule has 0 aliphatic carbocycles. The topological polar surface area (TPSA) is 53.2 Å². The maximum absolute atomic E-state index is 13.0. The highest BCUT2D eigenvalue weighted by molar-refractivity contribution is 5.89. The quantitative estimate of drug-likeness (QED) is 0.786. The molecule has 0 radical (unpaired) electrons. The van der Waals surface area contributed by atoms with Crippen molar-refractivity contribution in [1.29, 1.82) is 0 Å². The highest BCUT2D eigenvalue weighted by atomic mass is 19.1. The van der Waals surface area contributed by atoms with Gasteiger partial charge in [-0.05, 0) is 44.5 Å². The van der Waals surface area contributed by atoms with Gasteiger partial charge in [0.1, 0.15) is 5.82 Å². The molecule has 2 atom stereocenters. The number of urea groups is 1. The van der Waals surface area contributed by atoms with Gasteiger partial charge >= 0.3 is 6.03 Å². The SMILES string of the molecule is CC(NC(=O)Nc1cccc(F)c1)C1CCCCN1. The molecule has 1 saturated heterocycles. The molecular weight excluding hydrogens is 245 g/mol. The average Bonchev–Trinajstić information content (AvgIpc) is 2.39. The third-order valence-electron chi connectivity index (χ3n) is 3.39. The van der Waals surface area contributed by atoms with Crippen LogP contribution in [-0.4, -0.2) is 24.7 Å². The van der Waals surface area contributed by atoms with Gasteiger partial charge in [0.05, 0.1) is 0 Å². The monoisotopic (exact) mass is 265 g/mol. The molecule has 0 saturated carbocycles. The second kappa shape index (κ2) is 6.52. The number of hydrogen-bond acceptors (Lipinski definition) is 2. The standard InChI is InChI=1S/C14H20FN3O/c1-10(13-7-2-3-8-16-13)17-14(19)18-12-6-4-5-11(15)9-12/h4-6,9-10,13,16H,2-3,7-8H2,1H3,(H2,17,18,19). The number of hydrogen-bond donors (Lipinski definition) is 3. The normalized spacial score (nSPS) is 20.6. The first-order chi connectivity index (χ1) is 9.15. The second-order valence-corrected chi connectivity index (χ2v) is 4.95. The van der Waals surface area contributed by atoms with E-state index in [1.54, 1.807) is 12.1 Å². The molecule has 2 unspecified atom stereocenters. The Hall–Kier alpha value is -1.62. The van der Waals surface area contributed by atoms with Crippen LogP contribution in [0.4, 0.5) is 14.9 Å². The molecule has 19 heavy (non-hydrogen) atoms. The van der Waals surface area contributed by atoms with Crippen LogP contribution in [0, 0.1) is 5.82 Å². The van der Waals surface area contributed by atoms with Crippen molar-refractivity contribution in [1.82, 2.24) is 10.6 Å². The second-order valence-electron chi connectivity index (χ2n) is 4.95. The lowest BCUT2D eigenvalue weighted by molar-refractivity contribution is 0.242. The number of amides is 2. The molecule has 2 amide bonds. The fraction of sp³-hybridized carbons (Fsp3) is 0.500. The fourth-order valence-electron chi connectivity index (χ4n) is 2.35. The predicted octanol–water partition coefficient (Wildman–Crippen LogP) is 2.48. The molecule has 0 bridgehead atoms. The molecule has 1 heterocycles. The van der Waals surface area contributed by atoms with Crippen molar-refractivity contribution >= 4 is 11.7 Å². The number of benzene rings is 1. The van der Waals surface area contributed by atoms with Crippen LogP contribution < -0.4 is 16.0 Å². The van der Waals surface area contributed by atoms with Gasteiger partial charge in [-0.2, -0.15) is 0 Å². The lowest BCUT2D eigenvalue weighted by atomic mass is 9.99. The van der Waals surface area contributed by atoms with Crippen LogP contribution in [0.1, 0.15) is 26.2 Å². The zero-order valence-electron chi connectivity index (χ0n) is 11.1. The van der Waals surface area contributed by atoms with E-state index < -0.39 is 0 Å². The van der Waals surface area contributed by atoms with E-state index in [0.717, 1.165) is 13.0 Å². The number of nitrogens with one attached hydrogen (secondary N) is 3. The lowest BCUT2D eigenvalue weighted by Gasteiger charge is -2.29. The summed E-state index contributed by atoms with van der Waals surface area (Å²) < 4.78 is 13.0. The highest BCUT2D eigenvalue weighted by Crippen LogP contribution is 2.11. The van der Waals surface area contributed by atoms with Gasteiger partial charge in [0.2, 0.25) is 0 Å². The van der Waals surface area contributed by atoms with E-state index in [-0.39, 0.29) is 17.9 Å². The van der Waals surface area contributed by atoms with Gasteiger partial charge in [-0.1, -0.05) is 12.5 Å². The molecule has 4 nitrogen and oxygen atoms in total. The third kappa shape index (κ3) is 4.21. The molecule has 1 aliphatic heterocycles. The van der Waals surface area contributed by atoms with E-state index in [0.29, 0.717) is 11.7 Å². The van der Waals surface area contributed by atoms with Gasteiger partial charge in [-0.15, -0.1) is 0 Å². The van der Waals surface area contributed by atoms with Crippen molar-refractivity contribution in [2.45, 2.75) is 38.3 Å². The van der Waals surface area contributed by atoms with Crippen LogP contribution in [0.2, 0.25) is 0 Å². The smallest absolute Gasteiger partial charge is 0.319 e. The molecular formula is C14H20FN3O. The number of halogens is 1. The van der Waals surface area contributed by atoms with Crippen LogP contribution in [0.15, 0.2) is 24.3 Å². The van der Waals surface area contributed by atoms with Crippen LogP contribution in [0.25, 0.3) is 0 Å². The summed E-state index contributed by atoms with van der Waals surface area (Å²) in [6.45, 7) is 2.98. The van der Waals surface area contributed by atoms with Crippen molar-refractivity contribution in [3.05, 3.63) is 30.1 Å². The van der Waals surface area contributed by atoms with Gasteiger partial charge in [-0.25, -0.2) is 9.18 Å². The summed E-state index contributed by atoms with van der Waals surface area (Å²) in [5, 5.41) is 8.91. The Bertz CT molecular complexity index is 432. The predicted molar refractivity (Wildman–Crippen MR) is 73.7 cm³/mol. The Balaban J connectivity index is 1.83. The summed E-state index contributed by atoms with van der Waals surface area (Å²) in [7, 11) is 0. The van der Waals surface area contributed by atoms with Crippen molar-refractivity contribution in [2.24, 2.45) is 0 Å². The molecule has 104 valence electrons. The minimum Gasteiger partial charge on any atom is -0.334 e. The van der Waals surface area contributed by atoms with E-state index in [1.807, 2.05) is 6.92 Å². The number of carbonyl (C=O) groups excluding carboxylic acids is 1. The first kappa shape index (κ1) is 13.8. The molecule has 1 aromatic rings. The van der Waals surface area contributed by atoms with Gasteiger partial charge in [0, 0.05) is 17.8 Å². The molecule has 1 aliphatic rings. The van der Waals surface area contributed by atoms with Crippen molar-refractivity contribution in [2.75, 3.05) is 11.9 Å². The van der Waals surface area contributed by atoms with Gasteiger partial charge in [-0.3, -0.25) is 0 Å². The summed E-state index contributed by atoms with van der Waals surface area (Å²) in [5.41, 5.74) is 0.460. The third-order valence-corrected chi connectivity index (χ3v) is 3.39. The van der Waals surface area contributed by atoms with Crippen molar-refractivity contribution in [3.63, 3.8) is 0 Å². The zero-order valence-corrected chi connectivity index (χ0v) is 11.1. The molecule has 0 spiro atoms. The summed E-state index contributed by atoms with van der Waals surface area (Å²) in [4.78, 5) is 11.8. The number of piperidine rings is 1. The Kier molecular flexibility index (Phi) is 4.74. The zero-order chi connectivity index (χ0) is 13.7. The minimum absolute atomic E-state index is 0.0499. The van der Waals surface area contributed by atoms with Gasteiger partial charge in [0.15, 0.2) is 0 Å². The molecule has 1 fully saturated rings. The van der Waals surface area contributed by atoms with Crippen LogP contribution in [0.5, 0.6) is 0 Å². The Labute approximate surface area is 112 Å². The van der Waals surface area contributed by atoms with E-state index >= 15 is 0 Å². The van der Waals surface area contributed by atoms with Crippen LogP contribution >= 0.6 is 0 Å². The maximum Gasteiger partial charge on any atom is 0.319 e. The van der Waals surface area contributed by atoms with E-state index in [2.05, 4.69) is 16.0 Å². The van der Waals surface area contributed by atoms with Crippen LogP contribution in [0.3, 0.4) is 0 Å². The Morgan fingerprint density at radius 3 is 3.00 bits per heavy atom. The Morgan fingerprint density at radius 2 is 2.32 bits per heavy atom. The number of anilines is 1. The molecule has 1 aromatic carbocycles. The minimum atomic E-state index is -0.361. The summed E-state index contributed by atoms with van der Waals surface area (Å²) >= 11 is 0. The first-order valence-corrected chi connectivity index (χ1v) is 6.71. The average molecular weight is 265 g/mol. The highest BCUT2D eigenvalue weighted by Gasteiger charge is 2.20. The van der Waals surface area contributed by atoms with Crippen molar-refractivity contribution < 1.29 is 9.18 Å². The van der Waals surface area contributed by atoms with E-state index in [9.17, 15) is 9.18 Å². The number of carbonyl (C=O) groups is 1. The molecule has 2 rings (SSSR count). The summed E-state index contributed by atoms with van der Waals surface area (Å²) in [5.74, 6) is -0.361. The number of rotatable bonds is 3. The van der Waals surface area contributed by atoms with E-state index in [1.165, 1.54) is 25.0 Å².